The molecule has 0 fully saturated rings. The molecule has 0 aromatic heterocycles. The second kappa shape index (κ2) is 8.95. The van der Waals surface area contributed by atoms with E-state index in [0.29, 0.717) is 23.7 Å². The summed E-state index contributed by atoms with van der Waals surface area (Å²) in [6.45, 7) is 0.567. The fourth-order valence-corrected chi connectivity index (χ4v) is 2.72. The van der Waals surface area contributed by atoms with Crippen molar-refractivity contribution in [2.45, 2.75) is 4.90 Å². The molecule has 0 radical (unpaired) electrons. The second-order valence-corrected chi connectivity index (χ2v) is 5.78. The molecule has 2 aromatic carbocycles. The van der Waals surface area contributed by atoms with Crippen LogP contribution >= 0.6 is 11.8 Å². The Bertz CT molecular complexity index is 635. The molecule has 2 amide bonds. The lowest BCUT2D eigenvalue weighted by molar-refractivity contribution is 0.252. The van der Waals surface area contributed by atoms with E-state index in [2.05, 4.69) is 10.6 Å². The molecule has 23 heavy (non-hydrogen) atoms. The van der Waals surface area contributed by atoms with Gasteiger partial charge in [-0.25, -0.2) is 4.79 Å². The number of thioether (sulfide) groups is 1. The molecule has 6 heteroatoms. The van der Waals surface area contributed by atoms with Crippen molar-refractivity contribution in [1.29, 1.82) is 0 Å². The van der Waals surface area contributed by atoms with Gasteiger partial charge in [-0.05, 0) is 24.3 Å². The number of ether oxygens (including phenoxy) is 2. The van der Waals surface area contributed by atoms with Crippen molar-refractivity contribution < 1.29 is 14.3 Å². The van der Waals surface area contributed by atoms with Crippen LogP contribution in [0.3, 0.4) is 0 Å². The lowest BCUT2D eigenvalue weighted by Gasteiger charge is -2.12. The van der Waals surface area contributed by atoms with Crippen LogP contribution in [-0.2, 0) is 0 Å². The van der Waals surface area contributed by atoms with Crippen LogP contribution in [-0.4, -0.2) is 32.5 Å². The third-order valence-corrected chi connectivity index (χ3v) is 4.07. The molecule has 0 aliphatic heterocycles. The summed E-state index contributed by atoms with van der Waals surface area (Å²) in [5.74, 6) is 2.03. The average molecular weight is 332 g/mol. The molecule has 2 N–H and O–H groups in total. The van der Waals surface area contributed by atoms with Gasteiger partial charge in [0.1, 0.15) is 11.5 Å². The van der Waals surface area contributed by atoms with Gasteiger partial charge in [-0.3, -0.25) is 0 Å². The van der Waals surface area contributed by atoms with E-state index in [-0.39, 0.29) is 6.03 Å². The van der Waals surface area contributed by atoms with Gasteiger partial charge in [0.25, 0.3) is 0 Å². The first-order valence-electron chi connectivity index (χ1n) is 7.17. The normalized spacial score (nSPS) is 10.0. The fraction of sp³-hybridized carbons (Fsp3) is 0.235. The van der Waals surface area contributed by atoms with Crippen LogP contribution in [0.5, 0.6) is 11.5 Å². The zero-order valence-corrected chi connectivity index (χ0v) is 14.0. The topological polar surface area (TPSA) is 59.6 Å². The highest BCUT2D eigenvalue weighted by molar-refractivity contribution is 7.99. The van der Waals surface area contributed by atoms with Crippen LogP contribution in [0, 0.1) is 0 Å². The average Bonchev–Trinajstić information content (AvgIpc) is 2.59. The standard InChI is InChI=1S/C17H20N2O3S/c1-21-13-8-9-16(22-2)15(12-13)19-17(20)18-10-11-23-14-6-4-3-5-7-14/h3-9,12H,10-11H2,1-2H3,(H2,18,19,20). The summed E-state index contributed by atoms with van der Waals surface area (Å²) < 4.78 is 10.4. The number of anilines is 1. The summed E-state index contributed by atoms with van der Waals surface area (Å²) in [5.41, 5.74) is 0.570. The number of hydrogen-bond donors (Lipinski definition) is 2. The number of carbonyl (C=O) groups excluding carboxylic acids is 1. The Hall–Kier alpha value is -2.34. The number of methoxy groups -OCH3 is 2. The molecule has 0 aliphatic carbocycles. The van der Waals surface area contributed by atoms with Gasteiger partial charge in [0.2, 0.25) is 0 Å². The van der Waals surface area contributed by atoms with E-state index < -0.39 is 0 Å². The van der Waals surface area contributed by atoms with Gasteiger partial charge in [0.05, 0.1) is 19.9 Å². The van der Waals surface area contributed by atoms with E-state index in [9.17, 15) is 4.79 Å². The predicted molar refractivity (Wildman–Crippen MR) is 93.7 cm³/mol. The maximum absolute atomic E-state index is 12.0. The number of rotatable bonds is 7. The quantitative estimate of drug-likeness (QED) is 0.600. The number of carbonyl (C=O) groups is 1. The molecule has 2 aromatic rings. The third kappa shape index (κ3) is 5.41. The number of hydrogen-bond acceptors (Lipinski definition) is 4. The van der Waals surface area contributed by atoms with E-state index in [0.717, 1.165) is 5.75 Å². The van der Waals surface area contributed by atoms with Gasteiger partial charge in [0, 0.05) is 23.3 Å². The minimum Gasteiger partial charge on any atom is -0.497 e. The molecular weight excluding hydrogens is 312 g/mol. The fourth-order valence-electron chi connectivity index (χ4n) is 1.93. The van der Waals surface area contributed by atoms with Crippen molar-refractivity contribution in [3.05, 3.63) is 48.5 Å². The smallest absolute Gasteiger partial charge is 0.319 e. The lowest BCUT2D eigenvalue weighted by atomic mass is 10.2. The monoisotopic (exact) mass is 332 g/mol. The maximum Gasteiger partial charge on any atom is 0.319 e. The summed E-state index contributed by atoms with van der Waals surface area (Å²) in [4.78, 5) is 13.1. The molecule has 0 unspecified atom stereocenters. The van der Waals surface area contributed by atoms with Crippen molar-refractivity contribution in [2.75, 3.05) is 31.8 Å². The van der Waals surface area contributed by atoms with Crippen molar-refractivity contribution >= 4 is 23.5 Å². The summed E-state index contributed by atoms with van der Waals surface area (Å²) >= 11 is 1.70. The summed E-state index contributed by atoms with van der Waals surface area (Å²) in [7, 11) is 3.13. The molecule has 0 saturated heterocycles. The van der Waals surface area contributed by atoms with Gasteiger partial charge in [-0.15, -0.1) is 11.8 Å². The van der Waals surface area contributed by atoms with E-state index in [1.165, 1.54) is 4.90 Å². The summed E-state index contributed by atoms with van der Waals surface area (Å²) in [5, 5.41) is 5.59. The Labute approximate surface area is 140 Å². The molecule has 0 aliphatic rings. The first-order chi connectivity index (χ1) is 11.2. The Balaban J connectivity index is 1.80. The number of benzene rings is 2. The van der Waals surface area contributed by atoms with Gasteiger partial charge in [-0.2, -0.15) is 0 Å². The zero-order chi connectivity index (χ0) is 16.5. The third-order valence-electron chi connectivity index (χ3n) is 3.05. The van der Waals surface area contributed by atoms with Crippen LogP contribution in [0.2, 0.25) is 0 Å². The Morgan fingerprint density at radius 3 is 2.57 bits per heavy atom. The molecule has 0 atom stereocenters. The molecular formula is C17H20N2O3S. The minimum atomic E-state index is -0.273. The van der Waals surface area contributed by atoms with Gasteiger partial charge >= 0.3 is 6.03 Å². The molecule has 0 bridgehead atoms. The van der Waals surface area contributed by atoms with E-state index in [1.807, 2.05) is 30.3 Å². The Kier molecular flexibility index (Phi) is 6.62. The van der Waals surface area contributed by atoms with Crippen molar-refractivity contribution in [1.82, 2.24) is 5.32 Å². The minimum absolute atomic E-state index is 0.273. The van der Waals surface area contributed by atoms with Crippen LogP contribution in [0.25, 0.3) is 0 Å². The molecule has 2 rings (SSSR count). The second-order valence-electron chi connectivity index (χ2n) is 4.61. The molecule has 0 spiro atoms. The van der Waals surface area contributed by atoms with Gasteiger partial charge in [0.15, 0.2) is 0 Å². The molecule has 0 heterocycles. The van der Waals surface area contributed by atoms with Crippen molar-refractivity contribution in [2.24, 2.45) is 0 Å². The molecule has 0 saturated carbocycles. The van der Waals surface area contributed by atoms with Crippen molar-refractivity contribution in [3.8, 4) is 11.5 Å². The summed E-state index contributed by atoms with van der Waals surface area (Å²) in [6, 6.07) is 15.0. The largest absolute Gasteiger partial charge is 0.497 e. The van der Waals surface area contributed by atoms with E-state index in [4.69, 9.17) is 9.47 Å². The summed E-state index contributed by atoms with van der Waals surface area (Å²) in [6.07, 6.45) is 0. The number of nitrogens with one attached hydrogen (secondary N) is 2. The molecule has 5 nitrogen and oxygen atoms in total. The predicted octanol–water partition coefficient (Wildman–Crippen LogP) is 3.62. The first-order valence-corrected chi connectivity index (χ1v) is 8.16. The highest BCUT2D eigenvalue weighted by Crippen LogP contribution is 2.28. The van der Waals surface area contributed by atoms with Crippen LogP contribution < -0.4 is 20.1 Å². The van der Waals surface area contributed by atoms with E-state index >= 15 is 0 Å². The van der Waals surface area contributed by atoms with Crippen LogP contribution in [0.1, 0.15) is 0 Å². The number of urea groups is 1. The highest BCUT2D eigenvalue weighted by Gasteiger charge is 2.08. The van der Waals surface area contributed by atoms with Gasteiger partial charge in [-0.1, -0.05) is 18.2 Å². The number of amides is 2. The van der Waals surface area contributed by atoms with Crippen molar-refractivity contribution in [3.63, 3.8) is 0 Å². The molecule has 122 valence electrons. The first kappa shape index (κ1) is 17.0. The Morgan fingerprint density at radius 2 is 1.87 bits per heavy atom. The lowest BCUT2D eigenvalue weighted by Crippen LogP contribution is -2.30. The zero-order valence-electron chi connectivity index (χ0n) is 13.2. The SMILES string of the molecule is COc1ccc(OC)c(NC(=O)NCCSc2ccccc2)c1. The maximum atomic E-state index is 12.0. The van der Waals surface area contributed by atoms with Crippen LogP contribution in [0.15, 0.2) is 53.4 Å². The van der Waals surface area contributed by atoms with E-state index in [1.54, 1.807) is 44.2 Å². The highest BCUT2D eigenvalue weighted by atomic mass is 32.2. The van der Waals surface area contributed by atoms with Gasteiger partial charge < -0.3 is 20.1 Å². The Morgan fingerprint density at radius 1 is 1.09 bits per heavy atom. The van der Waals surface area contributed by atoms with Crippen LogP contribution in [0.4, 0.5) is 10.5 Å².